The van der Waals surface area contributed by atoms with Crippen LogP contribution in [0.2, 0.25) is 0 Å². The highest BCUT2D eigenvalue weighted by Crippen LogP contribution is 2.08. The molecular formula is C19H25NO6S. The fourth-order valence-corrected chi connectivity index (χ4v) is 2.43. The molecule has 2 rings (SSSR count). The van der Waals surface area contributed by atoms with Crippen molar-refractivity contribution in [2.75, 3.05) is 0 Å². The van der Waals surface area contributed by atoms with Gasteiger partial charge in [-0.25, -0.2) is 0 Å². The number of aryl methyl sites for hydroxylation is 1. The molecular weight excluding hydrogens is 370 g/mol. The van der Waals surface area contributed by atoms with Crippen LogP contribution < -0.4 is 5.73 Å². The van der Waals surface area contributed by atoms with Gasteiger partial charge in [-0.3, -0.25) is 9.35 Å². The minimum Gasteiger partial charge on any atom is -0.460 e. The predicted molar refractivity (Wildman–Crippen MR) is 102 cm³/mol. The van der Waals surface area contributed by atoms with Crippen molar-refractivity contribution in [2.24, 2.45) is 5.73 Å². The number of esters is 1. The van der Waals surface area contributed by atoms with Gasteiger partial charge in [0.2, 0.25) is 0 Å². The first-order valence-corrected chi connectivity index (χ1v) is 9.77. The molecule has 0 bridgehead atoms. The van der Waals surface area contributed by atoms with Crippen LogP contribution in [0.15, 0.2) is 59.5 Å². The molecule has 2 atom stereocenters. The third-order valence-corrected chi connectivity index (χ3v) is 4.52. The second kappa shape index (κ2) is 10.8. The van der Waals surface area contributed by atoms with E-state index in [-0.39, 0.29) is 11.5 Å². The second-order valence-electron chi connectivity index (χ2n) is 5.88. The Labute approximate surface area is 159 Å². The summed E-state index contributed by atoms with van der Waals surface area (Å²) in [6, 6.07) is 14.4. The fraction of sp³-hybridized carbons (Fsp3) is 0.316. The van der Waals surface area contributed by atoms with Gasteiger partial charge >= 0.3 is 5.97 Å². The van der Waals surface area contributed by atoms with Gasteiger partial charge in [-0.1, -0.05) is 55.0 Å². The maximum Gasteiger partial charge on any atom is 0.325 e. The van der Waals surface area contributed by atoms with Crippen molar-refractivity contribution in [2.45, 2.75) is 43.9 Å². The van der Waals surface area contributed by atoms with Crippen LogP contribution in [-0.2, 0) is 26.3 Å². The van der Waals surface area contributed by atoms with Crippen molar-refractivity contribution in [3.8, 4) is 0 Å². The van der Waals surface area contributed by atoms with Crippen LogP contribution in [0.4, 0.5) is 0 Å². The van der Waals surface area contributed by atoms with Gasteiger partial charge in [-0.05, 0) is 31.0 Å². The molecule has 2 aromatic rings. The van der Waals surface area contributed by atoms with E-state index < -0.39 is 28.2 Å². The van der Waals surface area contributed by atoms with E-state index >= 15 is 0 Å². The number of benzene rings is 2. The summed E-state index contributed by atoms with van der Waals surface area (Å²) in [6.45, 7) is 3.78. The third kappa shape index (κ3) is 8.31. The Bertz CT molecular complexity index is 806. The summed E-state index contributed by atoms with van der Waals surface area (Å²) in [5, 5.41) is 9.37. The topological polar surface area (TPSA) is 127 Å². The lowest BCUT2D eigenvalue weighted by molar-refractivity contribution is -0.149. The molecule has 148 valence electrons. The lowest BCUT2D eigenvalue weighted by Crippen LogP contribution is -2.42. The maximum absolute atomic E-state index is 11.4. The van der Waals surface area contributed by atoms with E-state index in [0.717, 1.165) is 11.1 Å². The summed E-state index contributed by atoms with van der Waals surface area (Å²) in [5.41, 5.74) is 7.36. The van der Waals surface area contributed by atoms with E-state index in [0.29, 0.717) is 6.42 Å². The van der Waals surface area contributed by atoms with Crippen LogP contribution in [0.3, 0.4) is 0 Å². The summed E-state index contributed by atoms with van der Waals surface area (Å²) < 4.78 is 34.5. The monoisotopic (exact) mass is 395 g/mol. The number of carbonyl (C=O) groups is 1. The summed E-state index contributed by atoms with van der Waals surface area (Å²) in [7, 11) is -4.02. The Morgan fingerprint density at radius 3 is 2.15 bits per heavy atom. The molecule has 27 heavy (non-hydrogen) atoms. The minimum atomic E-state index is -4.02. The van der Waals surface area contributed by atoms with Crippen LogP contribution >= 0.6 is 0 Å². The Morgan fingerprint density at radius 2 is 1.67 bits per heavy atom. The number of hydrogen-bond donors (Lipinski definition) is 3. The first-order valence-electron chi connectivity index (χ1n) is 8.33. The average Bonchev–Trinajstić information content (AvgIpc) is 2.65. The first-order chi connectivity index (χ1) is 12.6. The highest BCUT2D eigenvalue weighted by molar-refractivity contribution is 7.85. The molecule has 0 aliphatic rings. The van der Waals surface area contributed by atoms with Crippen molar-refractivity contribution < 1.29 is 27.6 Å². The lowest BCUT2D eigenvalue weighted by atomic mass is 10.1. The molecule has 0 heterocycles. The summed E-state index contributed by atoms with van der Waals surface area (Å²) >= 11 is 0. The average molecular weight is 395 g/mol. The van der Waals surface area contributed by atoms with Gasteiger partial charge in [-0.15, -0.1) is 0 Å². The molecule has 0 saturated heterocycles. The molecule has 0 amide bonds. The highest BCUT2D eigenvalue weighted by atomic mass is 32.2. The van der Waals surface area contributed by atoms with Crippen LogP contribution in [0.1, 0.15) is 24.5 Å². The number of aliphatic hydroxyl groups is 1. The Balaban J connectivity index is 0.000000289. The molecule has 4 N–H and O–H groups in total. The van der Waals surface area contributed by atoms with Crippen molar-refractivity contribution in [1.82, 2.24) is 0 Å². The molecule has 0 aliphatic carbocycles. The van der Waals surface area contributed by atoms with Crippen LogP contribution in [-0.4, -0.2) is 36.2 Å². The largest absolute Gasteiger partial charge is 0.460 e. The number of carbonyl (C=O) groups excluding carboxylic acids is 1. The Hall–Kier alpha value is -2.26. The Morgan fingerprint density at radius 1 is 1.11 bits per heavy atom. The molecule has 0 saturated carbocycles. The number of rotatable bonds is 6. The van der Waals surface area contributed by atoms with Crippen LogP contribution in [0.5, 0.6) is 0 Å². The quantitative estimate of drug-likeness (QED) is 0.505. The normalized spacial score (nSPS) is 13.1. The van der Waals surface area contributed by atoms with E-state index in [2.05, 4.69) is 0 Å². The van der Waals surface area contributed by atoms with Crippen molar-refractivity contribution in [3.63, 3.8) is 0 Å². The molecule has 7 nitrogen and oxygen atoms in total. The molecule has 2 unspecified atom stereocenters. The molecule has 0 fully saturated rings. The van der Waals surface area contributed by atoms with E-state index in [4.69, 9.17) is 15.0 Å². The van der Waals surface area contributed by atoms with Gasteiger partial charge in [0.15, 0.2) is 0 Å². The van der Waals surface area contributed by atoms with E-state index in [9.17, 15) is 18.3 Å². The van der Waals surface area contributed by atoms with Crippen molar-refractivity contribution in [3.05, 3.63) is 65.7 Å². The number of nitrogens with two attached hydrogens (primary N) is 1. The first kappa shape index (κ1) is 22.8. The standard InChI is InChI=1S/C12H17NO3.C7H8O3S/c1-2-10(14)11(13)12(15)16-8-9-6-4-3-5-7-9;1-6-2-4-7(5-3-6)11(8,9)10/h3-7,10-11,14H,2,8,13H2,1H3;2-5H,1H3,(H,8,9,10). The van der Waals surface area contributed by atoms with Crippen LogP contribution in [0, 0.1) is 6.92 Å². The van der Waals surface area contributed by atoms with Gasteiger partial charge in [0.25, 0.3) is 10.1 Å². The number of hydrogen-bond acceptors (Lipinski definition) is 6. The van der Waals surface area contributed by atoms with Crippen LogP contribution in [0.25, 0.3) is 0 Å². The lowest BCUT2D eigenvalue weighted by Gasteiger charge is -2.15. The summed E-state index contributed by atoms with van der Waals surface area (Å²) in [5.74, 6) is -0.571. The molecule has 0 spiro atoms. The molecule has 0 aromatic heterocycles. The van der Waals surface area contributed by atoms with Gasteiger partial charge in [-0.2, -0.15) is 8.42 Å². The van der Waals surface area contributed by atoms with E-state index in [1.807, 2.05) is 37.3 Å². The number of aliphatic hydroxyl groups excluding tert-OH is 1. The number of ether oxygens (including phenoxy) is 1. The second-order valence-corrected chi connectivity index (χ2v) is 7.30. The third-order valence-electron chi connectivity index (χ3n) is 3.65. The SMILES string of the molecule is CCC(O)C(N)C(=O)OCc1ccccc1.Cc1ccc(S(=O)(=O)O)cc1. The zero-order valence-corrected chi connectivity index (χ0v) is 16.1. The van der Waals surface area contributed by atoms with Gasteiger partial charge in [0.05, 0.1) is 11.0 Å². The van der Waals surface area contributed by atoms with Crippen molar-refractivity contribution >= 4 is 16.1 Å². The predicted octanol–water partition coefficient (Wildman–Crippen LogP) is 2.07. The van der Waals surface area contributed by atoms with Gasteiger partial charge < -0.3 is 15.6 Å². The molecule has 2 aromatic carbocycles. The molecule has 8 heteroatoms. The smallest absolute Gasteiger partial charge is 0.325 e. The zero-order chi connectivity index (χ0) is 20.4. The maximum atomic E-state index is 11.4. The van der Waals surface area contributed by atoms with Gasteiger partial charge in [0, 0.05) is 0 Å². The van der Waals surface area contributed by atoms with Crippen molar-refractivity contribution in [1.29, 1.82) is 0 Å². The van der Waals surface area contributed by atoms with E-state index in [1.54, 1.807) is 19.1 Å². The van der Waals surface area contributed by atoms with E-state index in [1.165, 1.54) is 12.1 Å². The highest BCUT2D eigenvalue weighted by Gasteiger charge is 2.22. The molecule has 0 radical (unpaired) electrons. The summed E-state index contributed by atoms with van der Waals surface area (Å²) in [6.07, 6.45) is -0.412. The molecule has 0 aliphatic heterocycles. The fourth-order valence-electron chi connectivity index (χ4n) is 1.95. The minimum absolute atomic E-state index is 0.0666. The summed E-state index contributed by atoms with van der Waals surface area (Å²) in [4.78, 5) is 11.3. The zero-order valence-electron chi connectivity index (χ0n) is 15.3. The Kier molecular flexibility index (Phi) is 9.10. The van der Waals surface area contributed by atoms with Gasteiger partial charge in [0.1, 0.15) is 12.6 Å².